The van der Waals surface area contributed by atoms with Crippen LogP contribution < -0.4 is 0 Å². The van der Waals surface area contributed by atoms with Gasteiger partial charge in [-0.1, -0.05) is 234 Å². The maximum absolute atomic E-state index is 12.9. The largest absolute Gasteiger partial charge is 0.462 e. The lowest BCUT2D eigenvalue weighted by molar-refractivity contribution is -0.167. The van der Waals surface area contributed by atoms with Gasteiger partial charge in [0.25, 0.3) is 0 Å². The van der Waals surface area contributed by atoms with E-state index in [1.807, 2.05) is 0 Å². The quantitative estimate of drug-likeness (QED) is 0.0262. The Hall–Kier alpha value is -3.41. The van der Waals surface area contributed by atoms with Crippen LogP contribution in [0, 0.1) is 0 Å². The average Bonchev–Trinajstić information content (AvgIpc) is 3.35. The van der Waals surface area contributed by atoms with E-state index < -0.39 is 6.10 Å². The van der Waals surface area contributed by atoms with Gasteiger partial charge in [0.05, 0.1) is 0 Å². The summed E-state index contributed by atoms with van der Waals surface area (Å²) in [5.41, 5.74) is 0. The van der Waals surface area contributed by atoms with E-state index in [1.165, 1.54) is 103 Å². The third kappa shape index (κ3) is 55.4. The minimum absolute atomic E-state index is 0.0911. The smallest absolute Gasteiger partial charge is 0.306 e. The maximum Gasteiger partial charge on any atom is 0.306 e. The van der Waals surface area contributed by atoms with Gasteiger partial charge >= 0.3 is 17.9 Å². The number of rotatable bonds is 52. The molecule has 0 rings (SSSR count). The van der Waals surface area contributed by atoms with Crippen LogP contribution in [0.15, 0.2) is 85.1 Å². The van der Waals surface area contributed by atoms with Crippen molar-refractivity contribution in [2.75, 3.05) is 13.2 Å². The Kier molecular flexibility index (Phi) is 54.3. The second-order valence-electron chi connectivity index (χ2n) is 19.1. The number of allylic oxidation sites excluding steroid dienone is 14. The molecule has 0 saturated carbocycles. The van der Waals surface area contributed by atoms with Crippen LogP contribution >= 0.6 is 0 Å². The van der Waals surface area contributed by atoms with Crippen LogP contribution in [-0.2, 0) is 28.6 Å². The van der Waals surface area contributed by atoms with Crippen molar-refractivity contribution in [2.45, 2.75) is 284 Å². The number of hydrogen-bond acceptors (Lipinski definition) is 6. The zero-order chi connectivity index (χ0) is 50.0. The van der Waals surface area contributed by atoms with E-state index in [4.69, 9.17) is 14.2 Å². The van der Waals surface area contributed by atoms with Crippen molar-refractivity contribution in [1.82, 2.24) is 0 Å². The molecule has 396 valence electrons. The second-order valence-corrected chi connectivity index (χ2v) is 19.1. The van der Waals surface area contributed by atoms with Gasteiger partial charge in [-0.25, -0.2) is 0 Å². The molecule has 0 saturated heterocycles. The molecule has 6 heteroatoms. The van der Waals surface area contributed by atoms with Crippen LogP contribution in [0.2, 0.25) is 0 Å². The number of hydrogen-bond donors (Lipinski definition) is 0. The minimum atomic E-state index is -0.792. The molecule has 0 aromatic heterocycles. The van der Waals surface area contributed by atoms with Crippen LogP contribution in [0.3, 0.4) is 0 Å². The Morgan fingerprint density at radius 2 is 0.565 bits per heavy atom. The van der Waals surface area contributed by atoms with Gasteiger partial charge in [-0.15, -0.1) is 0 Å². The predicted molar refractivity (Wildman–Crippen MR) is 297 cm³/mol. The zero-order valence-electron chi connectivity index (χ0n) is 45.3. The Labute approximate surface area is 426 Å². The second kappa shape index (κ2) is 57.2. The molecule has 0 aliphatic carbocycles. The van der Waals surface area contributed by atoms with Gasteiger partial charge in [-0.05, 0) is 109 Å². The monoisotopic (exact) mass is 961 g/mol. The molecule has 0 aromatic carbocycles. The number of unbranched alkanes of at least 4 members (excludes halogenated alkanes) is 27. The fraction of sp³-hybridized carbons (Fsp3) is 0.730. The number of esters is 3. The van der Waals surface area contributed by atoms with E-state index in [2.05, 4.69) is 106 Å². The van der Waals surface area contributed by atoms with Crippen LogP contribution in [0.1, 0.15) is 278 Å². The fourth-order valence-electron chi connectivity index (χ4n) is 8.05. The molecule has 0 unspecified atom stereocenters. The molecule has 0 amide bonds. The standard InChI is InChI=1S/C63H108O6/c1-4-7-10-13-16-19-22-25-28-29-30-31-32-33-36-39-42-45-48-51-54-57-63(66)69-60(58-67-61(64)55-52-49-46-43-40-37-34-26-23-20-17-14-11-8-5-2)59-68-62(65)56-53-50-47-44-41-38-35-27-24-21-18-15-12-9-6-3/h8-9,11-12,17-18,20-21,25-28,34-35,60H,4-7,10,13-16,19,22-24,29-33,36-59H2,1-3H3/b11-8-,12-9-,20-17-,21-18-,28-25-,34-26-,35-27-. The van der Waals surface area contributed by atoms with Gasteiger partial charge in [-0.3, -0.25) is 14.4 Å². The molecular weight excluding hydrogens is 853 g/mol. The Morgan fingerprint density at radius 3 is 0.899 bits per heavy atom. The summed E-state index contributed by atoms with van der Waals surface area (Å²) < 4.78 is 16.9. The van der Waals surface area contributed by atoms with Gasteiger partial charge in [0.1, 0.15) is 13.2 Å². The van der Waals surface area contributed by atoms with E-state index in [9.17, 15) is 14.4 Å². The molecular formula is C63H108O6. The van der Waals surface area contributed by atoms with Gasteiger partial charge in [0, 0.05) is 19.3 Å². The summed E-state index contributed by atoms with van der Waals surface area (Å²) in [7, 11) is 0. The van der Waals surface area contributed by atoms with Crippen LogP contribution in [0.5, 0.6) is 0 Å². The lowest BCUT2D eigenvalue weighted by Gasteiger charge is -2.18. The third-order valence-electron chi connectivity index (χ3n) is 12.4. The third-order valence-corrected chi connectivity index (χ3v) is 12.4. The summed E-state index contributed by atoms with van der Waals surface area (Å²) in [6.45, 7) is 6.40. The number of carbonyl (C=O) groups is 3. The molecule has 0 radical (unpaired) electrons. The summed E-state index contributed by atoms with van der Waals surface area (Å²) in [5.74, 6) is -0.918. The molecule has 0 aliphatic heterocycles. The predicted octanol–water partition coefficient (Wildman–Crippen LogP) is 19.5. The molecule has 0 aromatic rings. The summed E-state index contributed by atoms with van der Waals surface area (Å²) in [5, 5.41) is 0. The minimum Gasteiger partial charge on any atom is -0.462 e. The van der Waals surface area contributed by atoms with Gasteiger partial charge in [0.15, 0.2) is 6.10 Å². The molecule has 0 spiro atoms. The Balaban J connectivity index is 4.39. The van der Waals surface area contributed by atoms with Crippen molar-refractivity contribution in [1.29, 1.82) is 0 Å². The van der Waals surface area contributed by atoms with Gasteiger partial charge < -0.3 is 14.2 Å². The molecule has 0 aliphatic rings. The highest BCUT2D eigenvalue weighted by Crippen LogP contribution is 2.15. The Morgan fingerprint density at radius 1 is 0.304 bits per heavy atom. The molecule has 0 atom stereocenters. The topological polar surface area (TPSA) is 78.9 Å². The number of ether oxygens (including phenoxy) is 3. The molecule has 0 bridgehead atoms. The highest BCUT2D eigenvalue weighted by Gasteiger charge is 2.19. The van der Waals surface area contributed by atoms with E-state index in [0.717, 1.165) is 135 Å². The van der Waals surface area contributed by atoms with E-state index in [1.54, 1.807) is 0 Å². The summed E-state index contributed by atoms with van der Waals surface area (Å²) in [6, 6.07) is 0. The average molecular weight is 962 g/mol. The van der Waals surface area contributed by atoms with Crippen molar-refractivity contribution in [2.24, 2.45) is 0 Å². The zero-order valence-corrected chi connectivity index (χ0v) is 45.3. The van der Waals surface area contributed by atoms with Crippen molar-refractivity contribution < 1.29 is 28.6 Å². The van der Waals surface area contributed by atoms with Crippen molar-refractivity contribution in [3.63, 3.8) is 0 Å². The van der Waals surface area contributed by atoms with Crippen molar-refractivity contribution in [3.05, 3.63) is 85.1 Å². The van der Waals surface area contributed by atoms with Crippen molar-refractivity contribution in [3.8, 4) is 0 Å². The summed E-state index contributed by atoms with van der Waals surface area (Å²) in [6.07, 6.45) is 74.3. The SMILES string of the molecule is CC/C=C\C/C=C\C/C=C\CCCCCCCC(=O)OCC(COC(=O)CCCCCCC/C=C\C/C=C\C/C=C\CC)OC(=O)CCCCCCCCCCCCC/C=C\CCCCCCCC. The first kappa shape index (κ1) is 65.6. The molecule has 0 fully saturated rings. The normalized spacial score (nSPS) is 12.3. The van der Waals surface area contributed by atoms with E-state index in [-0.39, 0.29) is 31.1 Å². The van der Waals surface area contributed by atoms with Crippen LogP contribution in [-0.4, -0.2) is 37.2 Å². The number of carbonyl (C=O) groups excluding carboxylic acids is 3. The molecule has 6 nitrogen and oxygen atoms in total. The molecule has 0 heterocycles. The summed E-state index contributed by atoms with van der Waals surface area (Å²) >= 11 is 0. The maximum atomic E-state index is 12.9. The molecule has 0 N–H and O–H groups in total. The molecule has 69 heavy (non-hydrogen) atoms. The first-order valence-electron chi connectivity index (χ1n) is 29.1. The van der Waals surface area contributed by atoms with Crippen LogP contribution in [0.25, 0.3) is 0 Å². The fourth-order valence-corrected chi connectivity index (χ4v) is 8.05. The van der Waals surface area contributed by atoms with Crippen LogP contribution in [0.4, 0.5) is 0 Å². The van der Waals surface area contributed by atoms with E-state index >= 15 is 0 Å². The van der Waals surface area contributed by atoms with Gasteiger partial charge in [-0.2, -0.15) is 0 Å². The lowest BCUT2D eigenvalue weighted by atomic mass is 10.0. The highest BCUT2D eigenvalue weighted by atomic mass is 16.6. The lowest BCUT2D eigenvalue weighted by Crippen LogP contribution is -2.30. The van der Waals surface area contributed by atoms with E-state index in [0.29, 0.717) is 19.3 Å². The summed E-state index contributed by atoms with van der Waals surface area (Å²) in [4.78, 5) is 38.2. The van der Waals surface area contributed by atoms with Gasteiger partial charge in [0.2, 0.25) is 0 Å². The Bertz CT molecular complexity index is 1270. The first-order valence-corrected chi connectivity index (χ1v) is 29.1. The first-order chi connectivity index (χ1) is 34.0. The van der Waals surface area contributed by atoms with Crippen molar-refractivity contribution >= 4 is 17.9 Å². The highest BCUT2D eigenvalue weighted by molar-refractivity contribution is 5.71.